The third kappa shape index (κ3) is 1.63. The van der Waals surface area contributed by atoms with Crippen LogP contribution in [0.2, 0.25) is 0 Å². The van der Waals surface area contributed by atoms with E-state index < -0.39 is 6.10 Å². The van der Waals surface area contributed by atoms with Crippen molar-refractivity contribution >= 4 is 12.6 Å². The lowest BCUT2D eigenvalue weighted by atomic mass is 10.0. The molecule has 0 radical (unpaired) electrons. The van der Waals surface area contributed by atoms with E-state index in [4.69, 9.17) is 10.2 Å². The van der Waals surface area contributed by atoms with Gasteiger partial charge in [-0.15, -0.1) is 0 Å². The van der Waals surface area contributed by atoms with E-state index in [2.05, 4.69) is 12.6 Å². The van der Waals surface area contributed by atoms with Gasteiger partial charge in [-0.25, -0.2) is 0 Å². The fourth-order valence-corrected chi connectivity index (χ4v) is 1.17. The second-order valence-corrected chi connectivity index (χ2v) is 2.92. The summed E-state index contributed by atoms with van der Waals surface area (Å²) in [5.74, 6) is 0.0706. The highest BCUT2D eigenvalue weighted by molar-refractivity contribution is 7.81. The fraction of sp³-hybridized carbons (Fsp3) is 0.667. The molecule has 52 valence electrons. The van der Waals surface area contributed by atoms with Crippen molar-refractivity contribution in [3.05, 3.63) is 11.8 Å². The molecule has 0 fully saturated rings. The van der Waals surface area contributed by atoms with Crippen LogP contribution in [0.25, 0.3) is 0 Å². The summed E-state index contributed by atoms with van der Waals surface area (Å²) < 4.78 is 0. The summed E-state index contributed by atoms with van der Waals surface area (Å²) in [5, 5.41) is 18.0. The van der Waals surface area contributed by atoms with Gasteiger partial charge in [0, 0.05) is 5.25 Å². The van der Waals surface area contributed by atoms with Gasteiger partial charge in [0.05, 0.1) is 0 Å². The highest BCUT2D eigenvalue weighted by Crippen LogP contribution is 2.19. The number of thiol groups is 1. The summed E-state index contributed by atoms with van der Waals surface area (Å²) >= 11 is 4.11. The topological polar surface area (TPSA) is 40.5 Å². The van der Waals surface area contributed by atoms with E-state index in [9.17, 15) is 0 Å². The quantitative estimate of drug-likeness (QED) is 0.444. The van der Waals surface area contributed by atoms with Crippen molar-refractivity contribution < 1.29 is 10.2 Å². The Bertz CT molecular complexity index is 133. The molecule has 1 rings (SSSR count). The zero-order valence-electron chi connectivity index (χ0n) is 4.99. The Labute approximate surface area is 59.6 Å². The normalized spacial score (nSPS) is 36.0. The lowest BCUT2D eigenvalue weighted by Gasteiger charge is -2.17. The third-order valence-corrected chi connectivity index (χ3v) is 1.85. The van der Waals surface area contributed by atoms with Crippen molar-refractivity contribution in [3.8, 4) is 0 Å². The third-order valence-electron chi connectivity index (χ3n) is 1.44. The highest BCUT2D eigenvalue weighted by Gasteiger charge is 2.17. The van der Waals surface area contributed by atoms with E-state index in [0.717, 1.165) is 6.42 Å². The van der Waals surface area contributed by atoms with Crippen LogP contribution in [0, 0.1) is 0 Å². The lowest BCUT2D eigenvalue weighted by Crippen LogP contribution is -2.18. The smallest absolute Gasteiger partial charge is 0.118 e. The molecule has 2 atom stereocenters. The predicted octanol–water partition coefficient (Wildman–Crippen LogP) is 0.881. The molecule has 0 spiro atoms. The van der Waals surface area contributed by atoms with Gasteiger partial charge in [-0.1, -0.05) is 0 Å². The zero-order chi connectivity index (χ0) is 6.85. The Kier molecular flexibility index (Phi) is 2.03. The molecule has 0 aromatic carbocycles. The van der Waals surface area contributed by atoms with Gasteiger partial charge in [0.1, 0.15) is 11.9 Å². The highest BCUT2D eigenvalue weighted by atomic mass is 32.1. The summed E-state index contributed by atoms with van der Waals surface area (Å²) in [6.07, 6.45) is 2.40. The van der Waals surface area contributed by atoms with Crippen molar-refractivity contribution in [2.75, 3.05) is 0 Å². The van der Waals surface area contributed by atoms with Crippen molar-refractivity contribution in [2.45, 2.75) is 24.2 Å². The Hall–Kier alpha value is -0.150. The minimum atomic E-state index is -0.645. The molecule has 0 aromatic heterocycles. The first-order valence-electron chi connectivity index (χ1n) is 2.97. The Morgan fingerprint density at radius 1 is 1.56 bits per heavy atom. The molecule has 0 bridgehead atoms. The van der Waals surface area contributed by atoms with Gasteiger partial charge in [0.2, 0.25) is 0 Å². The Balaban J connectivity index is 2.61. The van der Waals surface area contributed by atoms with E-state index in [1.807, 2.05) is 0 Å². The van der Waals surface area contributed by atoms with Gasteiger partial charge < -0.3 is 10.2 Å². The molecule has 0 saturated carbocycles. The second kappa shape index (κ2) is 2.62. The molecule has 0 aliphatic heterocycles. The van der Waals surface area contributed by atoms with E-state index in [0.29, 0.717) is 6.42 Å². The van der Waals surface area contributed by atoms with Gasteiger partial charge in [0.15, 0.2) is 0 Å². The van der Waals surface area contributed by atoms with E-state index in [1.165, 1.54) is 0 Å². The van der Waals surface area contributed by atoms with Crippen molar-refractivity contribution in [2.24, 2.45) is 0 Å². The van der Waals surface area contributed by atoms with E-state index in [-0.39, 0.29) is 11.0 Å². The minimum absolute atomic E-state index is 0.0706. The zero-order valence-corrected chi connectivity index (χ0v) is 5.88. The molecule has 2 unspecified atom stereocenters. The van der Waals surface area contributed by atoms with Gasteiger partial charge in [0.25, 0.3) is 0 Å². The number of hydrogen-bond donors (Lipinski definition) is 3. The number of aliphatic hydroxyl groups is 2. The van der Waals surface area contributed by atoms with Gasteiger partial charge >= 0.3 is 0 Å². The monoisotopic (exact) mass is 146 g/mol. The molecule has 0 saturated heterocycles. The van der Waals surface area contributed by atoms with E-state index >= 15 is 0 Å². The van der Waals surface area contributed by atoms with Crippen LogP contribution in [0.4, 0.5) is 0 Å². The predicted molar refractivity (Wildman–Crippen MR) is 38.7 cm³/mol. The fourth-order valence-electron chi connectivity index (χ4n) is 0.868. The molecule has 1 aliphatic carbocycles. The van der Waals surface area contributed by atoms with Gasteiger partial charge in [-0.05, 0) is 18.9 Å². The van der Waals surface area contributed by atoms with Gasteiger partial charge in [-0.3, -0.25) is 0 Å². The second-order valence-electron chi connectivity index (χ2n) is 2.25. The van der Waals surface area contributed by atoms with Crippen LogP contribution < -0.4 is 0 Å². The first kappa shape index (κ1) is 6.96. The molecular weight excluding hydrogens is 136 g/mol. The largest absolute Gasteiger partial charge is 0.510 e. The SMILES string of the molecule is OC1=CC(S)CCC1O. The molecule has 1 aliphatic rings. The summed E-state index contributed by atoms with van der Waals surface area (Å²) in [6.45, 7) is 0. The van der Waals surface area contributed by atoms with Crippen molar-refractivity contribution in [1.82, 2.24) is 0 Å². The minimum Gasteiger partial charge on any atom is -0.510 e. The van der Waals surface area contributed by atoms with Gasteiger partial charge in [-0.2, -0.15) is 12.6 Å². The maximum atomic E-state index is 8.94. The van der Waals surface area contributed by atoms with Crippen LogP contribution in [0.5, 0.6) is 0 Å². The summed E-state index contributed by atoms with van der Waals surface area (Å²) in [7, 11) is 0. The maximum Gasteiger partial charge on any atom is 0.118 e. The average molecular weight is 146 g/mol. The molecule has 3 heteroatoms. The van der Waals surface area contributed by atoms with Crippen LogP contribution >= 0.6 is 12.6 Å². The molecule has 0 aromatic rings. The van der Waals surface area contributed by atoms with Crippen molar-refractivity contribution in [1.29, 1.82) is 0 Å². The average Bonchev–Trinajstić information content (AvgIpc) is 1.80. The molecule has 0 heterocycles. The summed E-state index contributed by atoms with van der Waals surface area (Å²) in [5.41, 5.74) is 0. The number of hydrogen-bond acceptors (Lipinski definition) is 3. The molecule has 0 amide bonds. The molecule has 2 nitrogen and oxygen atoms in total. The number of rotatable bonds is 0. The molecule has 9 heavy (non-hydrogen) atoms. The number of aliphatic hydroxyl groups excluding tert-OH is 2. The van der Waals surface area contributed by atoms with Crippen LogP contribution in [0.1, 0.15) is 12.8 Å². The standard InChI is InChI=1S/C6H10O2S/c7-5-2-1-4(9)3-6(5)8/h3-5,7-9H,1-2H2. The Morgan fingerprint density at radius 3 is 2.67 bits per heavy atom. The van der Waals surface area contributed by atoms with Crippen LogP contribution in [0.3, 0.4) is 0 Å². The molecular formula is C6H10O2S. The van der Waals surface area contributed by atoms with Crippen LogP contribution in [-0.4, -0.2) is 21.6 Å². The van der Waals surface area contributed by atoms with Crippen LogP contribution in [0.15, 0.2) is 11.8 Å². The first-order chi connectivity index (χ1) is 4.20. The van der Waals surface area contributed by atoms with Crippen molar-refractivity contribution in [3.63, 3.8) is 0 Å². The molecule has 2 N–H and O–H groups in total. The summed E-state index contributed by atoms with van der Waals surface area (Å²) in [6, 6.07) is 0. The maximum absolute atomic E-state index is 8.94. The lowest BCUT2D eigenvalue weighted by molar-refractivity contribution is 0.135. The van der Waals surface area contributed by atoms with Crippen LogP contribution in [-0.2, 0) is 0 Å². The first-order valence-corrected chi connectivity index (χ1v) is 3.48. The Morgan fingerprint density at radius 2 is 2.22 bits per heavy atom. The van der Waals surface area contributed by atoms with E-state index in [1.54, 1.807) is 6.08 Å². The summed E-state index contributed by atoms with van der Waals surface area (Å²) in [4.78, 5) is 0.